The average molecular weight is 276 g/mol. The maximum Gasteiger partial charge on any atom is 0.311 e. The van der Waals surface area contributed by atoms with Crippen LogP contribution in [0.1, 0.15) is 13.3 Å². The van der Waals surface area contributed by atoms with Crippen LogP contribution in [0.2, 0.25) is 5.02 Å². The fraction of sp³-hybridized carbons (Fsp3) is 0.455. The molecule has 0 radical (unpaired) electrons. The van der Waals surface area contributed by atoms with Crippen LogP contribution in [0.15, 0.2) is 18.2 Å². The molecule has 1 rings (SSSR count). The van der Waals surface area contributed by atoms with E-state index in [1.807, 2.05) is 6.92 Å². The van der Waals surface area contributed by atoms with Gasteiger partial charge in [-0.25, -0.2) is 0 Å². The minimum atomic E-state index is -0.479. The molecule has 6 heteroatoms. The van der Waals surface area contributed by atoms with E-state index in [1.54, 1.807) is 0 Å². The van der Waals surface area contributed by atoms with Crippen molar-refractivity contribution in [1.82, 2.24) is 0 Å². The fourth-order valence-electron chi connectivity index (χ4n) is 1.26. The molecule has 0 fully saturated rings. The van der Waals surface area contributed by atoms with Crippen molar-refractivity contribution in [3.05, 3.63) is 33.3 Å². The van der Waals surface area contributed by atoms with E-state index in [2.05, 4.69) is 12.6 Å². The lowest BCUT2D eigenvalue weighted by atomic mass is 10.1. The van der Waals surface area contributed by atoms with E-state index in [0.29, 0.717) is 17.4 Å². The number of rotatable bonds is 6. The van der Waals surface area contributed by atoms with Gasteiger partial charge in [-0.2, -0.15) is 12.6 Å². The number of nitrogens with zero attached hydrogens (tertiary/aromatic N) is 1. The molecular weight excluding hydrogens is 262 g/mol. The van der Waals surface area contributed by atoms with Crippen LogP contribution in [-0.4, -0.2) is 17.3 Å². The van der Waals surface area contributed by atoms with E-state index >= 15 is 0 Å². The molecular formula is C11H14ClNO3S. The zero-order chi connectivity index (χ0) is 12.8. The van der Waals surface area contributed by atoms with Gasteiger partial charge >= 0.3 is 5.69 Å². The van der Waals surface area contributed by atoms with Crippen molar-refractivity contribution in [2.24, 2.45) is 5.92 Å². The predicted octanol–water partition coefficient (Wildman–Crippen LogP) is 3.58. The first-order valence-corrected chi connectivity index (χ1v) is 6.27. The second kappa shape index (κ2) is 6.71. The molecule has 4 nitrogen and oxygen atoms in total. The molecule has 1 aromatic rings. The van der Waals surface area contributed by atoms with E-state index < -0.39 is 4.92 Å². The first kappa shape index (κ1) is 14.1. The lowest BCUT2D eigenvalue weighted by Gasteiger charge is -2.13. The van der Waals surface area contributed by atoms with Gasteiger partial charge in [0.1, 0.15) is 0 Å². The van der Waals surface area contributed by atoms with Crippen LogP contribution >= 0.6 is 24.2 Å². The maximum atomic E-state index is 10.8. The summed E-state index contributed by atoms with van der Waals surface area (Å²) in [7, 11) is 0. The summed E-state index contributed by atoms with van der Waals surface area (Å²) < 4.78 is 5.45. The molecule has 0 aromatic heterocycles. The zero-order valence-corrected chi connectivity index (χ0v) is 11.1. The van der Waals surface area contributed by atoms with Crippen molar-refractivity contribution in [1.29, 1.82) is 0 Å². The van der Waals surface area contributed by atoms with Crippen LogP contribution < -0.4 is 4.74 Å². The Kier molecular flexibility index (Phi) is 5.58. The molecule has 0 bridgehead atoms. The number of hydrogen-bond donors (Lipinski definition) is 1. The minimum Gasteiger partial charge on any atom is -0.486 e. The molecule has 0 saturated heterocycles. The summed E-state index contributed by atoms with van der Waals surface area (Å²) in [4.78, 5) is 10.3. The summed E-state index contributed by atoms with van der Waals surface area (Å²) in [5.41, 5.74) is -0.0663. The highest BCUT2D eigenvalue weighted by molar-refractivity contribution is 7.80. The van der Waals surface area contributed by atoms with Crippen molar-refractivity contribution in [2.75, 3.05) is 12.4 Å². The number of benzene rings is 1. The number of nitro benzene ring substituents is 1. The number of halogens is 1. The van der Waals surface area contributed by atoms with Gasteiger partial charge in [0.25, 0.3) is 0 Å². The van der Waals surface area contributed by atoms with Gasteiger partial charge in [0.05, 0.1) is 11.5 Å². The van der Waals surface area contributed by atoms with Crippen LogP contribution in [0.4, 0.5) is 5.69 Å². The Morgan fingerprint density at radius 1 is 1.59 bits per heavy atom. The summed E-state index contributed by atoms with van der Waals surface area (Å²) in [6.07, 6.45) is 0.915. The topological polar surface area (TPSA) is 52.4 Å². The van der Waals surface area contributed by atoms with Crippen molar-refractivity contribution in [2.45, 2.75) is 13.3 Å². The van der Waals surface area contributed by atoms with Gasteiger partial charge in [0, 0.05) is 23.1 Å². The minimum absolute atomic E-state index is 0.0663. The van der Waals surface area contributed by atoms with Crippen LogP contribution in [-0.2, 0) is 0 Å². The van der Waals surface area contributed by atoms with Gasteiger partial charge in [-0.05, 0) is 18.2 Å². The van der Waals surface area contributed by atoms with Gasteiger partial charge in [-0.1, -0.05) is 18.5 Å². The fourth-order valence-corrected chi connectivity index (χ4v) is 1.79. The molecule has 0 spiro atoms. The number of thiol groups is 1. The largest absolute Gasteiger partial charge is 0.486 e. The molecule has 0 aliphatic heterocycles. The predicted molar refractivity (Wildman–Crippen MR) is 71.2 cm³/mol. The Balaban J connectivity index is 2.81. The van der Waals surface area contributed by atoms with E-state index in [4.69, 9.17) is 16.3 Å². The lowest BCUT2D eigenvalue weighted by Crippen LogP contribution is -2.13. The molecule has 17 heavy (non-hydrogen) atoms. The van der Waals surface area contributed by atoms with Crippen molar-refractivity contribution in [3.63, 3.8) is 0 Å². The Morgan fingerprint density at radius 2 is 2.29 bits per heavy atom. The van der Waals surface area contributed by atoms with Gasteiger partial charge in [0.2, 0.25) is 0 Å². The van der Waals surface area contributed by atoms with Crippen LogP contribution in [0.3, 0.4) is 0 Å². The lowest BCUT2D eigenvalue weighted by molar-refractivity contribution is -0.385. The summed E-state index contributed by atoms with van der Waals surface area (Å²) >= 11 is 9.98. The van der Waals surface area contributed by atoms with Gasteiger partial charge in [0.15, 0.2) is 5.75 Å². The maximum absolute atomic E-state index is 10.8. The Hall–Kier alpha value is -0.940. The highest BCUT2D eigenvalue weighted by atomic mass is 35.5. The SMILES string of the molecule is CCC(CS)COc1cc(Cl)ccc1[N+](=O)[O-]. The van der Waals surface area contributed by atoms with E-state index in [1.165, 1.54) is 18.2 Å². The third-order valence-corrected chi connectivity index (χ3v) is 3.18. The monoisotopic (exact) mass is 275 g/mol. The summed E-state index contributed by atoms with van der Waals surface area (Å²) in [6, 6.07) is 4.28. The number of hydrogen-bond acceptors (Lipinski definition) is 4. The van der Waals surface area contributed by atoms with Gasteiger partial charge in [-0.3, -0.25) is 10.1 Å². The summed E-state index contributed by atoms with van der Waals surface area (Å²) in [6.45, 7) is 2.43. The van der Waals surface area contributed by atoms with Crippen LogP contribution in [0, 0.1) is 16.0 Å². The third-order valence-electron chi connectivity index (χ3n) is 2.43. The van der Waals surface area contributed by atoms with Crippen LogP contribution in [0.5, 0.6) is 5.75 Å². The first-order valence-electron chi connectivity index (χ1n) is 5.26. The van der Waals surface area contributed by atoms with Crippen molar-refractivity contribution >= 4 is 29.9 Å². The number of ether oxygens (including phenoxy) is 1. The smallest absolute Gasteiger partial charge is 0.311 e. The van der Waals surface area contributed by atoms with Crippen molar-refractivity contribution in [3.8, 4) is 5.75 Å². The summed E-state index contributed by atoms with van der Waals surface area (Å²) in [5, 5.41) is 11.2. The standard InChI is InChI=1S/C11H14ClNO3S/c1-2-8(7-17)6-16-11-5-9(12)3-4-10(11)13(14)15/h3-5,8,17H,2,6-7H2,1H3. The second-order valence-electron chi connectivity index (χ2n) is 3.64. The van der Waals surface area contributed by atoms with Crippen LogP contribution in [0.25, 0.3) is 0 Å². The van der Waals surface area contributed by atoms with Gasteiger partial charge < -0.3 is 4.74 Å². The molecule has 94 valence electrons. The van der Waals surface area contributed by atoms with Crippen molar-refractivity contribution < 1.29 is 9.66 Å². The summed E-state index contributed by atoms with van der Waals surface area (Å²) in [5.74, 6) is 1.17. The van der Waals surface area contributed by atoms with Gasteiger partial charge in [-0.15, -0.1) is 0 Å². The average Bonchev–Trinajstić information content (AvgIpc) is 2.30. The van der Waals surface area contributed by atoms with E-state index in [0.717, 1.165) is 6.42 Å². The van der Waals surface area contributed by atoms with E-state index in [9.17, 15) is 10.1 Å². The molecule has 0 amide bonds. The third kappa shape index (κ3) is 4.09. The number of nitro groups is 1. The highest BCUT2D eigenvalue weighted by Crippen LogP contribution is 2.30. The molecule has 0 saturated carbocycles. The molecule has 0 aliphatic rings. The Morgan fingerprint density at radius 3 is 2.82 bits per heavy atom. The molecule has 0 aliphatic carbocycles. The molecule has 0 heterocycles. The Bertz CT molecular complexity index is 396. The Labute approximate surface area is 110 Å². The second-order valence-corrected chi connectivity index (χ2v) is 4.44. The highest BCUT2D eigenvalue weighted by Gasteiger charge is 2.16. The molecule has 0 N–H and O–H groups in total. The quantitative estimate of drug-likeness (QED) is 0.490. The molecule has 1 aromatic carbocycles. The normalized spacial score (nSPS) is 12.2. The molecule has 1 unspecified atom stereocenters. The first-order chi connectivity index (χ1) is 8.08. The zero-order valence-electron chi connectivity index (χ0n) is 9.43. The molecule has 1 atom stereocenters. The van der Waals surface area contributed by atoms with E-state index in [-0.39, 0.29) is 17.4 Å².